The third-order valence-electron chi connectivity index (χ3n) is 1.81. The van der Waals surface area contributed by atoms with Crippen LogP contribution in [0.5, 0.6) is 0 Å². The van der Waals surface area contributed by atoms with E-state index in [0.717, 1.165) is 12.0 Å². The zero-order chi connectivity index (χ0) is 9.84. The third kappa shape index (κ3) is 2.95. The van der Waals surface area contributed by atoms with Gasteiger partial charge in [-0.3, -0.25) is 0 Å². The predicted octanol–water partition coefficient (Wildman–Crippen LogP) is 3.81. The van der Waals surface area contributed by atoms with Crippen molar-refractivity contribution in [2.45, 2.75) is 13.3 Å². The second-order valence-corrected chi connectivity index (χ2v) is 3.83. The van der Waals surface area contributed by atoms with Crippen molar-refractivity contribution in [1.82, 2.24) is 0 Å². The van der Waals surface area contributed by atoms with E-state index in [4.69, 9.17) is 29.6 Å². The molecule has 1 atom stereocenters. The van der Waals surface area contributed by atoms with Crippen molar-refractivity contribution in [2.75, 3.05) is 0 Å². The summed E-state index contributed by atoms with van der Waals surface area (Å²) in [5.74, 6) is 2.90. The molecule has 0 N–H and O–H groups in total. The summed E-state index contributed by atoms with van der Waals surface area (Å²) >= 11 is 11.6. The van der Waals surface area contributed by atoms with Crippen molar-refractivity contribution in [2.24, 2.45) is 5.92 Å². The van der Waals surface area contributed by atoms with Crippen molar-refractivity contribution in [3.05, 3.63) is 33.8 Å². The molecule has 0 aliphatic rings. The maximum Gasteiger partial charge on any atom is 0.0595 e. The average molecular weight is 213 g/mol. The average Bonchev–Trinajstić information content (AvgIpc) is 2.11. The molecule has 0 radical (unpaired) electrons. The monoisotopic (exact) mass is 212 g/mol. The fraction of sp³-hybridized carbons (Fsp3) is 0.273. The van der Waals surface area contributed by atoms with Gasteiger partial charge in [0, 0.05) is 5.92 Å². The topological polar surface area (TPSA) is 0 Å². The minimum Gasteiger partial charge on any atom is -0.120 e. The second-order valence-electron chi connectivity index (χ2n) is 3.02. The zero-order valence-corrected chi connectivity index (χ0v) is 8.86. The van der Waals surface area contributed by atoms with E-state index in [9.17, 15) is 0 Å². The van der Waals surface area contributed by atoms with Gasteiger partial charge in [0.1, 0.15) is 0 Å². The van der Waals surface area contributed by atoms with Crippen LogP contribution in [0.4, 0.5) is 0 Å². The van der Waals surface area contributed by atoms with Crippen LogP contribution in [0.1, 0.15) is 12.5 Å². The molecule has 0 heterocycles. The molecule has 0 aliphatic carbocycles. The van der Waals surface area contributed by atoms with E-state index in [1.54, 1.807) is 6.07 Å². The molecule has 68 valence electrons. The van der Waals surface area contributed by atoms with Gasteiger partial charge in [0.05, 0.1) is 10.0 Å². The molecule has 0 bridgehead atoms. The summed E-state index contributed by atoms with van der Waals surface area (Å²) in [4.78, 5) is 0. The summed E-state index contributed by atoms with van der Waals surface area (Å²) in [6.45, 7) is 2.00. The van der Waals surface area contributed by atoms with Crippen LogP contribution in [0.3, 0.4) is 0 Å². The molecule has 0 spiro atoms. The van der Waals surface area contributed by atoms with Gasteiger partial charge in [0.2, 0.25) is 0 Å². The van der Waals surface area contributed by atoms with Crippen molar-refractivity contribution in [3.63, 3.8) is 0 Å². The van der Waals surface area contributed by atoms with Gasteiger partial charge in [-0.1, -0.05) is 36.2 Å². The second kappa shape index (κ2) is 4.56. The lowest BCUT2D eigenvalue weighted by atomic mass is 10.0. The highest BCUT2D eigenvalue weighted by molar-refractivity contribution is 6.42. The van der Waals surface area contributed by atoms with Crippen molar-refractivity contribution in [3.8, 4) is 12.3 Å². The molecule has 1 aromatic carbocycles. The molecule has 0 nitrogen and oxygen atoms in total. The molecule has 0 amide bonds. The largest absolute Gasteiger partial charge is 0.120 e. The SMILES string of the molecule is C#CC(C)Cc1ccc(Cl)c(Cl)c1. The maximum atomic E-state index is 5.86. The normalized spacial score (nSPS) is 12.2. The molecule has 1 rings (SSSR count). The summed E-state index contributed by atoms with van der Waals surface area (Å²) in [5, 5.41) is 1.17. The molecular weight excluding hydrogens is 203 g/mol. The smallest absolute Gasteiger partial charge is 0.0595 e. The van der Waals surface area contributed by atoms with Crippen LogP contribution in [-0.2, 0) is 6.42 Å². The molecule has 0 aromatic heterocycles. The molecule has 0 saturated carbocycles. The van der Waals surface area contributed by atoms with Crippen LogP contribution in [-0.4, -0.2) is 0 Å². The van der Waals surface area contributed by atoms with E-state index in [0.29, 0.717) is 10.0 Å². The van der Waals surface area contributed by atoms with Crippen LogP contribution in [0, 0.1) is 18.3 Å². The van der Waals surface area contributed by atoms with Crippen LogP contribution >= 0.6 is 23.2 Å². The third-order valence-corrected chi connectivity index (χ3v) is 2.55. The first-order valence-corrected chi connectivity index (χ1v) is 4.79. The standard InChI is InChI=1S/C11H10Cl2/c1-3-8(2)6-9-4-5-10(12)11(13)7-9/h1,4-5,7-8H,6H2,2H3. The lowest BCUT2D eigenvalue weighted by Gasteiger charge is -2.05. The van der Waals surface area contributed by atoms with Crippen molar-refractivity contribution < 1.29 is 0 Å². The Morgan fingerprint density at radius 2 is 2.08 bits per heavy atom. The molecule has 0 fully saturated rings. The molecule has 1 unspecified atom stereocenters. The number of halogens is 2. The van der Waals surface area contributed by atoms with E-state index in [2.05, 4.69) is 5.92 Å². The Balaban J connectivity index is 2.81. The number of hydrogen-bond acceptors (Lipinski definition) is 0. The number of rotatable bonds is 2. The summed E-state index contributed by atoms with van der Waals surface area (Å²) < 4.78 is 0. The molecular formula is C11H10Cl2. The lowest BCUT2D eigenvalue weighted by Crippen LogP contribution is -1.95. The van der Waals surface area contributed by atoms with Crippen molar-refractivity contribution >= 4 is 23.2 Å². The summed E-state index contributed by atoms with van der Waals surface area (Å²) in [5.41, 5.74) is 1.12. The fourth-order valence-corrected chi connectivity index (χ4v) is 1.40. The van der Waals surface area contributed by atoms with Crippen LogP contribution in [0.15, 0.2) is 18.2 Å². The Bertz CT molecular complexity index is 336. The lowest BCUT2D eigenvalue weighted by molar-refractivity contribution is 0.751. The minimum atomic E-state index is 0.234. The number of benzene rings is 1. The van der Waals surface area contributed by atoms with E-state index in [1.165, 1.54) is 0 Å². The quantitative estimate of drug-likeness (QED) is 0.655. The Morgan fingerprint density at radius 3 is 2.62 bits per heavy atom. The first kappa shape index (κ1) is 10.4. The van der Waals surface area contributed by atoms with Gasteiger partial charge in [0.15, 0.2) is 0 Å². The highest BCUT2D eigenvalue weighted by atomic mass is 35.5. The molecule has 13 heavy (non-hydrogen) atoms. The van der Waals surface area contributed by atoms with E-state index < -0.39 is 0 Å². The number of terminal acetylenes is 1. The molecule has 2 heteroatoms. The van der Waals surface area contributed by atoms with Crippen LogP contribution < -0.4 is 0 Å². The summed E-state index contributed by atoms with van der Waals surface area (Å²) in [6, 6.07) is 5.60. The molecule has 0 aliphatic heterocycles. The maximum absolute atomic E-state index is 5.86. The van der Waals surface area contributed by atoms with Gasteiger partial charge < -0.3 is 0 Å². The fourth-order valence-electron chi connectivity index (χ4n) is 1.08. The van der Waals surface area contributed by atoms with Gasteiger partial charge in [-0.25, -0.2) is 0 Å². The van der Waals surface area contributed by atoms with Crippen LogP contribution in [0.2, 0.25) is 10.0 Å². The first-order chi connectivity index (χ1) is 6.13. The Kier molecular flexibility index (Phi) is 3.66. The molecule has 0 saturated heterocycles. The van der Waals surface area contributed by atoms with Gasteiger partial charge >= 0.3 is 0 Å². The Labute approximate surface area is 88.9 Å². The number of hydrogen-bond donors (Lipinski definition) is 0. The highest BCUT2D eigenvalue weighted by Crippen LogP contribution is 2.23. The Hall–Kier alpha value is -0.640. The van der Waals surface area contributed by atoms with Crippen molar-refractivity contribution in [1.29, 1.82) is 0 Å². The van der Waals surface area contributed by atoms with Gasteiger partial charge in [0.25, 0.3) is 0 Å². The van der Waals surface area contributed by atoms with E-state index in [-0.39, 0.29) is 5.92 Å². The minimum absolute atomic E-state index is 0.234. The van der Waals surface area contributed by atoms with E-state index in [1.807, 2.05) is 19.1 Å². The summed E-state index contributed by atoms with van der Waals surface area (Å²) in [6.07, 6.45) is 6.12. The van der Waals surface area contributed by atoms with Gasteiger partial charge in [-0.15, -0.1) is 12.3 Å². The zero-order valence-electron chi connectivity index (χ0n) is 7.35. The Morgan fingerprint density at radius 1 is 1.38 bits per heavy atom. The van der Waals surface area contributed by atoms with E-state index >= 15 is 0 Å². The van der Waals surface area contributed by atoms with Gasteiger partial charge in [-0.05, 0) is 24.1 Å². The first-order valence-electron chi connectivity index (χ1n) is 4.03. The molecule has 1 aromatic rings. The summed E-state index contributed by atoms with van der Waals surface area (Å²) in [7, 11) is 0. The van der Waals surface area contributed by atoms with Gasteiger partial charge in [-0.2, -0.15) is 0 Å². The predicted molar refractivity (Wildman–Crippen MR) is 58.2 cm³/mol. The highest BCUT2D eigenvalue weighted by Gasteiger charge is 2.02. The van der Waals surface area contributed by atoms with Crippen LogP contribution in [0.25, 0.3) is 0 Å².